The predicted molar refractivity (Wildman–Crippen MR) is 88.5 cm³/mol. The highest BCUT2D eigenvalue weighted by Crippen LogP contribution is 2.09. The Kier molecular flexibility index (Phi) is 15.5. The Balaban J connectivity index is 3.05. The summed E-state index contributed by atoms with van der Waals surface area (Å²) in [5, 5.41) is 0. The Bertz CT molecular complexity index is 184. The maximum absolute atomic E-state index is 5.73. The van der Waals surface area contributed by atoms with E-state index in [1.807, 2.05) is 0 Å². The van der Waals surface area contributed by atoms with Crippen LogP contribution in [-0.2, 0) is 0 Å². The Labute approximate surface area is 122 Å². The Morgan fingerprint density at radius 1 is 0.737 bits per heavy atom. The van der Waals surface area contributed by atoms with E-state index in [-0.39, 0.29) is 0 Å². The molecule has 19 heavy (non-hydrogen) atoms. The third kappa shape index (κ3) is 17.7. The molecule has 0 aliphatic carbocycles. The maximum atomic E-state index is 5.73. The van der Waals surface area contributed by atoms with Crippen LogP contribution in [0.2, 0.25) is 0 Å². The fourth-order valence-electron chi connectivity index (χ4n) is 2.36. The molecular weight excluding hydrogens is 230 g/mol. The zero-order valence-electron chi connectivity index (χ0n) is 13.5. The Morgan fingerprint density at radius 2 is 1.21 bits per heavy atom. The first-order chi connectivity index (χ1) is 9.27. The first kappa shape index (κ1) is 18.7. The molecule has 0 fully saturated rings. The second-order valence-electron chi connectivity index (χ2n) is 6.00. The maximum Gasteiger partial charge on any atom is 0.00104 e. The van der Waals surface area contributed by atoms with Crippen molar-refractivity contribution in [2.75, 3.05) is 0 Å². The van der Waals surface area contributed by atoms with Crippen molar-refractivity contribution in [3.8, 4) is 0 Å². The van der Waals surface area contributed by atoms with Crippen LogP contribution in [0.25, 0.3) is 0 Å². The molecule has 0 spiro atoms. The van der Waals surface area contributed by atoms with Crippen LogP contribution >= 0.6 is 0 Å². The standard InChI is InChI=1S/C18H37N/c1-3-4-5-6-7-8-9-10-11-12-13-14-15-16-17-18(2)19/h10-11,18H,3-9,12-17,19H2,1-2H3/b11-10-. The van der Waals surface area contributed by atoms with E-state index in [0.29, 0.717) is 6.04 Å². The fourth-order valence-corrected chi connectivity index (χ4v) is 2.36. The van der Waals surface area contributed by atoms with E-state index < -0.39 is 0 Å². The normalized spacial score (nSPS) is 13.2. The SMILES string of the molecule is CCCCCCCC/C=C\CCCCCCC(C)N. The Hall–Kier alpha value is -0.300. The van der Waals surface area contributed by atoms with Gasteiger partial charge in [0.2, 0.25) is 0 Å². The van der Waals surface area contributed by atoms with E-state index in [1.165, 1.54) is 83.5 Å². The topological polar surface area (TPSA) is 26.0 Å². The third-order valence-electron chi connectivity index (χ3n) is 3.67. The van der Waals surface area contributed by atoms with Crippen LogP contribution in [-0.4, -0.2) is 6.04 Å². The number of rotatable bonds is 14. The molecule has 1 nitrogen and oxygen atoms in total. The Morgan fingerprint density at radius 3 is 1.74 bits per heavy atom. The van der Waals surface area contributed by atoms with Gasteiger partial charge < -0.3 is 5.73 Å². The van der Waals surface area contributed by atoms with Gasteiger partial charge >= 0.3 is 0 Å². The number of hydrogen-bond acceptors (Lipinski definition) is 1. The summed E-state index contributed by atoms with van der Waals surface area (Å²) < 4.78 is 0. The van der Waals surface area contributed by atoms with Crippen LogP contribution in [0.15, 0.2) is 12.2 Å². The highest BCUT2D eigenvalue weighted by molar-refractivity contribution is 4.81. The van der Waals surface area contributed by atoms with E-state index in [0.717, 1.165) is 0 Å². The van der Waals surface area contributed by atoms with Gasteiger partial charge in [-0.15, -0.1) is 0 Å². The van der Waals surface area contributed by atoms with E-state index in [4.69, 9.17) is 5.73 Å². The molecule has 114 valence electrons. The van der Waals surface area contributed by atoms with Gasteiger partial charge in [0.05, 0.1) is 0 Å². The molecule has 0 heterocycles. The summed E-state index contributed by atoms with van der Waals surface area (Å²) >= 11 is 0. The molecule has 1 unspecified atom stereocenters. The molecule has 0 saturated heterocycles. The summed E-state index contributed by atoms with van der Waals surface area (Å²) in [5.74, 6) is 0. The van der Waals surface area contributed by atoms with Gasteiger partial charge in [0.15, 0.2) is 0 Å². The highest BCUT2D eigenvalue weighted by atomic mass is 14.6. The fraction of sp³-hybridized carbons (Fsp3) is 0.889. The molecule has 1 heteroatoms. The molecule has 0 aromatic carbocycles. The van der Waals surface area contributed by atoms with Gasteiger partial charge in [0, 0.05) is 6.04 Å². The van der Waals surface area contributed by atoms with E-state index in [2.05, 4.69) is 26.0 Å². The van der Waals surface area contributed by atoms with Gasteiger partial charge in [-0.3, -0.25) is 0 Å². The number of nitrogens with two attached hydrogens (primary N) is 1. The molecule has 0 aliphatic rings. The lowest BCUT2D eigenvalue weighted by molar-refractivity contribution is 0.568. The average molecular weight is 268 g/mol. The quantitative estimate of drug-likeness (QED) is 0.304. The van der Waals surface area contributed by atoms with Crippen LogP contribution in [0.4, 0.5) is 0 Å². The number of unbranched alkanes of at least 4 members (excludes halogenated alkanes) is 10. The van der Waals surface area contributed by atoms with Crippen LogP contribution < -0.4 is 5.73 Å². The molecule has 0 aliphatic heterocycles. The molecule has 0 rings (SSSR count). The van der Waals surface area contributed by atoms with Crippen molar-refractivity contribution in [2.24, 2.45) is 5.73 Å². The number of hydrogen-bond donors (Lipinski definition) is 1. The van der Waals surface area contributed by atoms with Crippen molar-refractivity contribution in [1.29, 1.82) is 0 Å². The lowest BCUT2D eigenvalue weighted by Gasteiger charge is -2.03. The monoisotopic (exact) mass is 267 g/mol. The third-order valence-corrected chi connectivity index (χ3v) is 3.67. The lowest BCUT2D eigenvalue weighted by atomic mass is 10.1. The smallest absolute Gasteiger partial charge is 0.00104 e. The van der Waals surface area contributed by atoms with Crippen molar-refractivity contribution in [1.82, 2.24) is 0 Å². The van der Waals surface area contributed by atoms with Crippen LogP contribution in [0.5, 0.6) is 0 Å². The van der Waals surface area contributed by atoms with Gasteiger partial charge in [-0.2, -0.15) is 0 Å². The summed E-state index contributed by atoms with van der Waals surface area (Å²) in [6.07, 6.45) is 22.3. The zero-order chi connectivity index (χ0) is 14.2. The number of allylic oxidation sites excluding steroid dienone is 2. The van der Waals surface area contributed by atoms with E-state index >= 15 is 0 Å². The molecular formula is C18H37N. The summed E-state index contributed by atoms with van der Waals surface area (Å²) in [6, 6.07) is 0.386. The van der Waals surface area contributed by atoms with Gasteiger partial charge in [-0.1, -0.05) is 70.4 Å². The second-order valence-corrected chi connectivity index (χ2v) is 6.00. The average Bonchev–Trinajstić information content (AvgIpc) is 2.39. The minimum absolute atomic E-state index is 0.386. The van der Waals surface area contributed by atoms with E-state index in [1.54, 1.807) is 0 Å². The first-order valence-corrected chi connectivity index (χ1v) is 8.68. The van der Waals surface area contributed by atoms with Crippen molar-refractivity contribution in [3.05, 3.63) is 12.2 Å². The first-order valence-electron chi connectivity index (χ1n) is 8.68. The van der Waals surface area contributed by atoms with Crippen LogP contribution in [0.1, 0.15) is 97.3 Å². The van der Waals surface area contributed by atoms with Crippen molar-refractivity contribution in [2.45, 2.75) is 103 Å². The molecule has 2 N–H and O–H groups in total. The predicted octanol–water partition coefficient (Wildman–Crippen LogP) is 5.98. The van der Waals surface area contributed by atoms with Crippen molar-refractivity contribution < 1.29 is 0 Å². The molecule has 0 radical (unpaired) electrons. The van der Waals surface area contributed by atoms with Gasteiger partial charge in [0.25, 0.3) is 0 Å². The minimum atomic E-state index is 0.386. The second kappa shape index (κ2) is 15.8. The molecule has 0 bridgehead atoms. The molecule has 1 atom stereocenters. The lowest BCUT2D eigenvalue weighted by Crippen LogP contribution is -2.13. The van der Waals surface area contributed by atoms with Crippen molar-refractivity contribution >= 4 is 0 Å². The zero-order valence-corrected chi connectivity index (χ0v) is 13.5. The van der Waals surface area contributed by atoms with Gasteiger partial charge in [0.1, 0.15) is 0 Å². The molecule has 0 amide bonds. The summed E-state index contributed by atoms with van der Waals surface area (Å²) in [4.78, 5) is 0. The summed E-state index contributed by atoms with van der Waals surface area (Å²) in [6.45, 7) is 4.38. The van der Waals surface area contributed by atoms with Crippen LogP contribution in [0, 0.1) is 0 Å². The molecule has 0 saturated carbocycles. The van der Waals surface area contributed by atoms with Gasteiger partial charge in [-0.05, 0) is 39.0 Å². The van der Waals surface area contributed by atoms with Crippen molar-refractivity contribution in [3.63, 3.8) is 0 Å². The van der Waals surface area contributed by atoms with E-state index in [9.17, 15) is 0 Å². The minimum Gasteiger partial charge on any atom is -0.328 e. The highest BCUT2D eigenvalue weighted by Gasteiger charge is 1.93. The molecule has 0 aromatic heterocycles. The summed E-state index contributed by atoms with van der Waals surface area (Å²) in [5.41, 5.74) is 5.73. The largest absolute Gasteiger partial charge is 0.328 e. The van der Waals surface area contributed by atoms with Gasteiger partial charge in [-0.25, -0.2) is 0 Å². The summed E-state index contributed by atoms with van der Waals surface area (Å²) in [7, 11) is 0. The molecule has 0 aromatic rings. The van der Waals surface area contributed by atoms with Crippen LogP contribution in [0.3, 0.4) is 0 Å².